The Balaban J connectivity index is 0.000000385. The van der Waals surface area contributed by atoms with E-state index in [4.69, 9.17) is 46.3 Å². The number of hydrazone groups is 1. The molecule has 0 saturated heterocycles. The molecule has 0 aliphatic rings. The van der Waals surface area contributed by atoms with Gasteiger partial charge in [-0.1, -0.05) is 34.8 Å². The number of guanidine groups is 1. The maximum atomic E-state index is 10.4. The Morgan fingerprint density at radius 3 is 1.94 bits per heavy atom. The highest BCUT2D eigenvalue weighted by molar-refractivity contribution is 6.45. The van der Waals surface area contributed by atoms with E-state index in [0.29, 0.717) is 16.3 Å². The normalized spacial score (nSPS) is 8.69. The summed E-state index contributed by atoms with van der Waals surface area (Å²) >= 11 is 16.9. The Labute approximate surface area is 107 Å². The van der Waals surface area contributed by atoms with Crippen molar-refractivity contribution in [2.24, 2.45) is 22.4 Å². The lowest BCUT2D eigenvalue weighted by Gasteiger charge is -1.99. The molecule has 88 valence electrons. The first-order chi connectivity index (χ1) is 7.43. The Morgan fingerprint density at radius 2 is 1.62 bits per heavy atom. The van der Waals surface area contributed by atoms with E-state index in [1.807, 2.05) is 0 Å². The molecule has 0 spiro atoms. The molecule has 0 amide bonds. The number of halogens is 3. The third-order valence-corrected chi connectivity index (χ3v) is 2.49. The topological polar surface area (TPSA) is 107 Å². The fourth-order valence-electron chi connectivity index (χ4n) is 0.651. The van der Waals surface area contributed by atoms with Gasteiger partial charge in [0.25, 0.3) is 0 Å². The second-order valence-corrected chi connectivity index (χ2v) is 3.62. The molecule has 0 saturated carbocycles. The summed E-state index contributed by atoms with van der Waals surface area (Å²) in [5, 5.41) is 3.71. The molecule has 1 rings (SSSR count). The summed E-state index contributed by atoms with van der Waals surface area (Å²) in [7, 11) is 0. The second-order valence-electron chi connectivity index (χ2n) is 2.43. The molecule has 0 aliphatic carbocycles. The van der Waals surface area contributed by atoms with E-state index in [1.165, 1.54) is 6.07 Å². The zero-order valence-corrected chi connectivity index (χ0v) is 10.2. The van der Waals surface area contributed by atoms with Crippen LogP contribution in [0.5, 0.6) is 0 Å². The summed E-state index contributed by atoms with van der Waals surface area (Å²) < 4.78 is 0. The van der Waals surface area contributed by atoms with Crippen LogP contribution in [0.3, 0.4) is 0 Å². The van der Waals surface area contributed by atoms with Crippen molar-refractivity contribution < 1.29 is 4.79 Å². The highest BCUT2D eigenvalue weighted by Crippen LogP contribution is 2.29. The molecular formula is C8H9Cl3N4O. The van der Waals surface area contributed by atoms with Crippen molar-refractivity contribution in [2.75, 3.05) is 0 Å². The maximum absolute atomic E-state index is 10.4. The molecule has 0 fully saturated rings. The van der Waals surface area contributed by atoms with Crippen molar-refractivity contribution in [2.45, 2.75) is 0 Å². The van der Waals surface area contributed by atoms with Gasteiger partial charge < -0.3 is 17.3 Å². The Bertz CT molecular complexity index is 405. The Morgan fingerprint density at radius 1 is 1.19 bits per heavy atom. The van der Waals surface area contributed by atoms with Crippen LogP contribution >= 0.6 is 34.8 Å². The van der Waals surface area contributed by atoms with E-state index in [2.05, 4.69) is 10.9 Å². The highest BCUT2D eigenvalue weighted by atomic mass is 35.5. The van der Waals surface area contributed by atoms with Crippen molar-refractivity contribution in [1.82, 2.24) is 0 Å². The number of carbonyl (C=O) groups is 1. The highest BCUT2D eigenvalue weighted by Gasteiger charge is 2.07. The van der Waals surface area contributed by atoms with Crippen molar-refractivity contribution >= 4 is 47.0 Å². The van der Waals surface area contributed by atoms with Gasteiger partial charge in [0.2, 0.25) is 5.96 Å². The van der Waals surface area contributed by atoms with Crippen LogP contribution in [0.4, 0.5) is 0 Å². The number of benzene rings is 1. The van der Waals surface area contributed by atoms with Crippen LogP contribution in [0, 0.1) is 0 Å². The minimum absolute atomic E-state index is 0.0926. The van der Waals surface area contributed by atoms with Gasteiger partial charge in [0.1, 0.15) is 0 Å². The molecule has 8 heteroatoms. The number of aldehydes is 1. The van der Waals surface area contributed by atoms with E-state index < -0.39 is 0 Å². The van der Waals surface area contributed by atoms with Gasteiger partial charge in [0.15, 0.2) is 6.29 Å². The van der Waals surface area contributed by atoms with Crippen LogP contribution in [-0.2, 0) is 0 Å². The lowest BCUT2D eigenvalue weighted by atomic mass is 10.2. The van der Waals surface area contributed by atoms with Gasteiger partial charge in [0.05, 0.1) is 20.6 Å². The van der Waals surface area contributed by atoms with E-state index >= 15 is 0 Å². The smallest absolute Gasteiger partial charge is 0.208 e. The average Bonchev–Trinajstić information content (AvgIpc) is 2.25. The molecule has 1 aromatic rings. The van der Waals surface area contributed by atoms with E-state index in [1.54, 1.807) is 6.07 Å². The molecule has 0 bridgehead atoms. The lowest BCUT2D eigenvalue weighted by Crippen LogP contribution is -2.23. The zero-order valence-electron chi connectivity index (χ0n) is 7.95. The quantitative estimate of drug-likeness (QED) is 0.182. The van der Waals surface area contributed by atoms with Crippen molar-refractivity contribution in [1.29, 1.82) is 0 Å². The molecule has 1 aromatic carbocycles. The van der Waals surface area contributed by atoms with E-state index in [0.717, 1.165) is 0 Å². The summed E-state index contributed by atoms with van der Waals surface area (Å²) in [4.78, 5) is 10.4. The third-order valence-electron chi connectivity index (χ3n) is 1.35. The third kappa shape index (κ3) is 4.57. The maximum Gasteiger partial charge on any atom is 0.208 e. The predicted octanol–water partition coefficient (Wildman–Crippen LogP) is 1.59. The predicted molar refractivity (Wildman–Crippen MR) is 66.9 cm³/mol. The molecule has 0 aliphatic heterocycles. The number of hydrogen-bond donors (Lipinski definition) is 3. The lowest BCUT2D eigenvalue weighted by molar-refractivity contribution is 0.112. The van der Waals surface area contributed by atoms with Crippen LogP contribution < -0.4 is 17.3 Å². The van der Waals surface area contributed by atoms with Gasteiger partial charge in [-0.15, -0.1) is 5.10 Å². The van der Waals surface area contributed by atoms with Crippen LogP contribution in [0.2, 0.25) is 15.1 Å². The molecule has 16 heavy (non-hydrogen) atoms. The SMILES string of the molecule is NN=C(N)N.O=Cc1c(Cl)ccc(Cl)c1Cl. The summed E-state index contributed by atoms with van der Waals surface area (Å²) in [6.45, 7) is 0. The van der Waals surface area contributed by atoms with Gasteiger partial charge >= 0.3 is 0 Å². The molecule has 0 heterocycles. The molecule has 0 unspecified atom stereocenters. The first-order valence-electron chi connectivity index (χ1n) is 3.81. The fourth-order valence-corrected chi connectivity index (χ4v) is 1.28. The second kappa shape index (κ2) is 7.16. The van der Waals surface area contributed by atoms with Gasteiger partial charge in [-0.2, -0.15) is 0 Å². The number of nitrogens with two attached hydrogens (primary N) is 3. The summed E-state index contributed by atoms with van der Waals surface area (Å²) in [5.74, 6) is 4.42. The Kier molecular flexibility index (Phi) is 6.64. The molecule has 0 atom stereocenters. The molecular weight excluding hydrogens is 274 g/mol. The van der Waals surface area contributed by atoms with Gasteiger partial charge in [-0.25, -0.2) is 0 Å². The number of hydrogen-bond acceptors (Lipinski definition) is 3. The first kappa shape index (κ1) is 14.8. The fraction of sp³-hybridized carbons (Fsp3) is 0. The molecule has 5 nitrogen and oxygen atoms in total. The first-order valence-corrected chi connectivity index (χ1v) is 4.95. The van der Waals surface area contributed by atoms with E-state index in [9.17, 15) is 4.79 Å². The van der Waals surface area contributed by atoms with Crippen LogP contribution in [0.25, 0.3) is 0 Å². The van der Waals surface area contributed by atoms with Gasteiger partial charge in [-0.05, 0) is 12.1 Å². The summed E-state index contributed by atoms with van der Waals surface area (Å²) in [5.41, 5.74) is 9.63. The molecule has 0 aromatic heterocycles. The summed E-state index contributed by atoms with van der Waals surface area (Å²) in [6, 6.07) is 3.07. The van der Waals surface area contributed by atoms with Crippen LogP contribution in [0.1, 0.15) is 10.4 Å². The summed E-state index contributed by atoms with van der Waals surface area (Å²) in [6.07, 6.45) is 0.580. The number of rotatable bonds is 1. The monoisotopic (exact) mass is 282 g/mol. The van der Waals surface area contributed by atoms with Crippen molar-refractivity contribution in [3.8, 4) is 0 Å². The zero-order chi connectivity index (χ0) is 12.7. The minimum atomic E-state index is -0.0926. The van der Waals surface area contributed by atoms with Gasteiger partial charge in [-0.3, -0.25) is 4.79 Å². The molecule has 6 N–H and O–H groups in total. The van der Waals surface area contributed by atoms with Crippen LogP contribution in [0.15, 0.2) is 17.2 Å². The van der Waals surface area contributed by atoms with Gasteiger partial charge in [0, 0.05) is 0 Å². The largest absolute Gasteiger partial charge is 0.369 e. The standard InChI is InChI=1S/C7H3Cl3O.CH6N4/c8-5-1-2-6(9)7(10)4(5)3-11;2-1(3)5-4/h1-3H;4H2,(H4,2,3,5). The molecule has 0 radical (unpaired) electrons. The van der Waals surface area contributed by atoms with E-state index in [-0.39, 0.29) is 16.5 Å². The Hall–Kier alpha value is -1.17. The number of carbonyl (C=O) groups excluding carboxylic acids is 1. The number of nitrogens with zero attached hydrogens (tertiary/aromatic N) is 1. The van der Waals surface area contributed by atoms with Crippen molar-refractivity contribution in [3.63, 3.8) is 0 Å². The average molecular weight is 284 g/mol. The van der Waals surface area contributed by atoms with Crippen molar-refractivity contribution in [3.05, 3.63) is 32.8 Å². The minimum Gasteiger partial charge on any atom is -0.369 e. The van der Waals surface area contributed by atoms with Crippen LogP contribution in [-0.4, -0.2) is 12.2 Å².